The van der Waals surface area contributed by atoms with Crippen LogP contribution in [-0.4, -0.2) is 28.9 Å². The standard InChI is InChI=1S/C19H22INO4/c1-5-8-25-18(24)14-10-21(16(11-22)19(2,3)4)15-7-6-12(20)9-13(15)17(14)23/h5-7,9-10,16,22H,1,8,11H2,2-4H3/t16-/m1/s1. The highest BCUT2D eigenvalue weighted by atomic mass is 127. The van der Waals surface area contributed by atoms with Crippen LogP contribution in [0.5, 0.6) is 0 Å². The van der Waals surface area contributed by atoms with Gasteiger partial charge < -0.3 is 14.4 Å². The maximum absolute atomic E-state index is 12.8. The average Bonchev–Trinajstić information content (AvgIpc) is 2.54. The summed E-state index contributed by atoms with van der Waals surface area (Å²) in [6.07, 6.45) is 2.95. The molecule has 0 radical (unpaired) electrons. The number of carbonyl (C=O) groups is 1. The fourth-order valence-electron chi connectivity index (χ4n) is 2.72. The fourth-order valence-corrected chi connectivity index (χ4v) is 3.21. The summed E-state index contributed by atoms with van der Waals surface area (Å²) < 4.78 is 7.75. The zero-order valence-electron chi connectivity index (χ0n) is 14.6. The average molecular weight is 455 g/mol. The molecule has 2 rings (SSSR count). The van der Waals surface area contributed by atoms with Crippen molar-refractivity contribution in [2.24, 2.45) is 5.41 Å². The van der Waals surface area contributed by atoms with Gasteiger partial charge in [-0.3, -0.25) is 4.79 Å². The number of aromatic nitrogens is 1. The predicted molar refractivity (Wildman–Crippen MR) is 107 cm³/mol. The molecule has 5 nitrogen and oxygen atoms in total. The molecule has 6 heteroatoms. The molecule has 1 heterocycles. The Hall–Kier alpha value is -1.67. The number of pyridine rings is 1. The van der Waals surface area contributed by atoms with Crippen molar-refractivity contribution in [3.8, 4) is 0 Å². The lowest BCUT2D eigenvalue weighted by molar-refractivity contribution is 0.0545. The Morgan fingerprint density at radius 1 is 1.44 bits per heavy atom. The summed E-state index contributed by atoms with van der Waals surface area (Å²) in [5, 5.41) is 10.4. The smallest absolute Gasteiger partial charge is 0.343 e. The third kappa shape index (κ3) is 4.12. The molecule has 0 saturated carbocycles. The van der Waals surface area contributed by atoms with Crippen LogP contribution in [0.2, 0.25) is 0 Å². The molecule has 1 N–H and O–H groups in total. The molecule has 1 aromatic heterocycles. The van der Waals surface area contributed by atoms with Crippen LogP contribution in [0.25, 0.3) is 10.9 Å². The number of hydrogen-bond acceptors (Lipinski definition) is 4. The molecule has 0 fully saturated rings. The van der Waals surface area contributed by atoms with E-state index < -0.39 is 5.97 Å². The highest BCUT2D eigenvalue weighted by molar-refractivity contribution is 14.1. The van der Waals surface area contributed by atoms with Crippen LogP contribution < -0.4 is 5.43 Å². The van der Waals surface area contributed by atoms with Crippen molar-refractivity contribution in [2.75, 3.05) is 13.2 Å². The Bertz CT molecular complexity index is 864. The lowest BCUT2D eigenvalue weighted by Crippen LogP contribution is -2.30. The second kappa shape index (κ2) is 7.70. The fraction of sp³-hybridized carbons (Fsp3) is 0.368. The summed E-state index contributed by atoms with van der Waals surface area (Å²) in [6.45, 7) is 9.42. The molecule has 1 atom stereocenters. The number of aliphatic hydroxyl groups is 1. The number of aliphatic hydroxyl groups excluding tert-OH is 1. The van der Waals surface area contributed by atoms with Gasteiger partial charge in [-0.25, -0.2) is 4.79 Å². The van der Waals surface area contributed by atoms with Gasteiger partial charge >= 0.3 is 5.97 Å². The Labute approximate surface area is 160 Å². The van der Waals surface area contributed by atoms with Crippen molar-refractivity contribution >= 4 is 39.5 Å². The van der Waals surface area contributed by atoms with Crippen molar-refractivity contribution in [3.05, 3.63) is 56.4 Å². The maximum atomic E-state index is 12.8. The van der Waals surface area contributed by atoms with E-state index in [9.17, 15) is 14.7 Å². The normalized spacial score (nSPS) is 12.8. The first-order valence-electron chi connectivity index (χ1n) is 7.94. The summed E-state index contributed by atoms with van der Waals surface area (Å²) in [5.41, 5.74) is -0.00896. The van der Waals surface area contributed by atoms with Crippen LogP contribution in [0, 0.1) is 8.99 Å². The monoisotopic (exact) mass is 455 g/mol. The second-order valence-electron chi connectivity index (χ2n) is 6.89. The maximum Gasteiger partial charge on any atom is 0.343 e. The highest BCUT2D eigenvalue weighted by Crippen LogP contribution is 2.32. The summed E-state index contributed by atoms with van der Waals surface area (Å²) >= 11 is 2.12. The molecule has 134 valence electrons. The van der Waals surface area contributed by atoms with Crippen LogP contribution in [0.1, 0.15) is 37.2 Å². The van der Waals surface area contributed by atoms with E-state index in [4.69, 9.17) is 4.74 Å². The molecule has 0 unspecified atom stereocenters. The lowest BCUT2D eigenvalue weighted by Gasteiger charge is -2.32. The first-order valence-corrected chi connectivity index (χ1v) is 9.02. The first kappa shape index (κ1) is 19.7. The van der Waals surface area contributed by atoms with Gasteiger partial charge in [0.1, 0.15) is 12.2 Å². The summed E-state index contributed by atoms with van der Waals surface area (Å²) in [7, 11) is 0. The number of rotatable bonds is 5. The lowest BCUT2D eigenvalue weighted by atomic mass is 9.86. The van der Waals surface area contributed by atoms with Gasteiger partial charge in [-0.15, -0.1) is 0 Å². The van der Waals surface area contributed by atoms with Crippen LogP contribution >= 0.6 is 22.6 Å². The van der Waals surface area contributed by atoms with E-state index >= 15 is 0 Å². The number of esters is 1. The van der Waals surface area contributed by atoms with Crippen LogP contribution in [0.15, 0.2) is 41.8 Å². The van der Waals surface area contributed by atoms with E-state index in [1.807, 2.05) is 32.9 Å². The minimum absolute atomic E-state index is 0.0331. The van der Waals surface area contributed by atoms with Crippen LogP contribution in [0.3, 0.4) is 0 Å². The predicted octanol–water partition coefficient (Wildman–Crippen LogP) is 3.53. The van der Waals surface area contributed by atoms with E-state index in [-0.39, 0.29) is 35.7 Å². The zero-order valence-corrected chi connectivity index (χ0v) is 16.7. The van der Waals surface area contributed by atoms with Crippen molar-refractivity contribution < 1.29 is 14.6 Å². The minimum Gasteiger partial charge on any atom is -0.458 e. The number of fused-ring (bicyclic) bond motifs is 1. The molecule has 0 amide bonds. The Balaban J connectivity index is 2.80. The Kier molecular flexibility index (Phi) is 6.05. The molecule has 2 aromatic rings. The molecule has 0 saturated heterocycles. The highest BCUT2D eigenvalue weighted by Gasteiger charge is 2.28. The number of nitrogens with zero attached hydrogens (tertiary/aromatic N) is 1. The molecule has 1 aromatic carbocycles. The van der Waals surface area contributed by atoms with Crippen molar-refractivity contribution in [1.82, 2.24) is 4.57 Å². The van der Waals surface area contributed by atoms with E-state index in [0.29, 0.717) is 10.9 Å². The van der Waals surface area contributed by atoms with Crippen LogP contribution in [0.4, 0.5) is 0 Å². The number of hydrogen-bond donors (Lipinski definition) is 1. The van der Waals surface area contributed by atoms with Gasteiger partial charge in [0.2, 0.25) is 5.43 Å². The largest absolute Gasteiger partial charge is 0.458 e. The van der Waals surface area contributed by atoms with Gasteiger partial charge in [0.25, 0.3) is 0 Å². The van der Waals surface area contributed by atoms with Gasteiger partial charge in [-0.2, -0.15) is 0 Å². The molecule has 0 bridgehead atoms. The summed E-state index contributed by atoms with van der Waals surface area (Å²) in [6, 6.07) is 5.18. The van der Waals surface area contributed by atoms with E-state index in [1.54, 1.807) is 10.6 Å². The van der Waals surface area contributed by atoms with Gasteiger partial charge in [-0.1, -0.05) is 33.4 Å². The van der Waals surface area contributed by atoms with E-state index in [0.717, 1.165) is 3.57 Å². The minimum atomic E-state index is -0.690. The Morgan fingerprint density at radius 2 is 2.12 bits per heavy atom. The van der Waals surface area contributed by atoms with Crippen molar-refractivity contribution in [3.63, 3.8) is 0 Å². The zero-order chi connectivity index (χ0) is 18.8. The molecule has 0 aliphatic heterocycles. The molecule has 0 aliphatic rings. The Morgan fingerprint density at radius 3 is 2.68 bits per heavy atom. The van der Waals surface area contributed by atoms with Crippen molar-refractivity contribution in [2.45, 2.75) is 26.8 Å². The number of ether oxygens (including phenoxy) is 1. The van der Waals surface area contributed by atoms with Gasteiger partial charge in [0, 0.05) is 15.2 Å². The third-order valence-electron chi connectivity index (χ3n) is 4.05. The number of carbonyl (C=O) groups excluding carboxylic acids is 1. The topological polar surface area (TPSA) is 68.5 Å². The van der Waals surface area contributed by atoms with E-state index in [2.05, 4.69) is 29.2 Å². The number of benzene rings is 1. The second-order valence-corrected chi connectivity index (χ2v) is 8.14. The SMILES string of the molecule is C=CCOC(=O)c1cn([C@H](CO)C(C)(C)C)c2ccc(I)cc2c1=O. The molecule has 0 spiro atoms. The van der Waals surface area contributed by atoms with Gasteiger partial charge in [0.15, 0.2) is 0 Å². The summed E-state index contributed by atoms with van der Waals surface area (Å²) in [5.74, 6) is -0.690. The molecular formula is C19H22INO4. The van der Waals surface area contributed by atoms with Gasteiger partial charge in [-0.05, 0) is 46.2 Å². The molecular weight excluding hydrogens is 433 g/mol. The van der Waals surface area contributed by atoms with E-state index in [1.165, 1.54) is 12.3 Å². The van der Waals surface area contributed by atoms with Crippen molar-refractivity contribution in [1.29, 1.82) is 0 Å². The molecule has 25 heavy (non-hydrogen) atoms. The van der Waals surface area contributed by atoms with Gasteiger partial charge in [0.05, 0.1) is 18.2 Å². The molecule has 0 aliphatic carbocycles. The quantitative estimate of drug-likeness (QED) is 0.426. The first-order chi connectivity index (χ1) is 11.7. The third-order valence-corrected chi connectivity index (χ3v) is 4.73. The van der Waals surface area contributed by atoms with Crippen LogP contribution in [-0.2, 0) is 4.74 Å². The summed E-state index contributed by atoms with van der Waals surface area (Å²) in [4.78, 5) is 25.1. The number of halogens is 1.